The van der Waals surface area contributed by atoms with Crippen LogP contribution in [-0.2, 0) is 15.5 Å². The molecule has 2 rings (SSSR count). The van der Waals surface area contributed by atoms with Gasteiger partial charge in [-0.1, -0.05) is 0 Å². The number of hydrogen-bond acceptors (Lipinski definition) is 3. The predicted molar refractivity (Wildman–Crippen MR) is 61.1 cm³/mol. The van der Waals surface area contributed by atoms with E-state index in [1.165, 1.54) is 0 Å². The molecule has 0 N–H and O–H groups in total. The molecule has 1 aromatic rings. The van der Waals surface area contributed by atoms with Gasteiger partial charge in [-0.05, 0) is 36.6 Å². The predicted octanol–water partition coefficient (Wildman–Crippen LogP) is 2.00. The number of nitrogens with zero attached hydrogens (tertiary/aromatic N) is 1. The molecule has 0 spiro atoms. The molecule has 82 valence electrons. The van der Waals surface area contributed by atoms with Gasteiger partial charge in [-0.25, -0.2) is 8.42 Å². The van der Waals surface area contributed by atoms with Crippen molar-refractivity contribution >= 4 is 25.4 Å². The molecule has 0 aromatic heterocycles. The van der Waals surface area contributed by atoms with Crippen LogP contribution in [0.15, 0.2) is 23.1 Å². The molecule has 1 aromatic carbocycles. The van der Waals surface area contributed by atoms with E-state index in [0.29, 0.717) is 0 Å². The molecule has 0 unspecified atom stereocenters. The lowest BCUT2D eigenvalue weighted by Gasteiger charge is -2.27. The molecule has 0 aliphatic carbocycles. The summed E-state index contributed by atoms with van der Waals surface area (Å²) in [6.07, 6.45) is 1.97. The van der Waals surface area contributed by atoms with Crippen molar-refractivity contribution in [3.8, 4) is 0 Å². The Bertz CT molecular complexity index is 484. The number of halogens is 1. The number of rotatable bonds is 1. The molecule has 0 amide bonds. The summed E-state index contributed by atoms with van der Waals surface area (Å²) in [6, 6.07) is 5.06. The van der Waals surface area contributed by atoms with E-state index in [4.69, 9.17) is 10.7 Å². The van der Waals surface area contributed by atoms with Gasteiger partial charge in [0.2, 0.25) is 0 Å². The molecule has 0 radical (unpaired) electrons. The Hall–Kier alpha value is -0.740. The van der Waals surface area contributed by atoms with Crippen LogP contribution in [0.3, 0.4) is 0 Å². The Kier molecular flexibility index (Phi) is 2.64. The molecule has 0 saturated carbocycles. The van der Waals surface area contributed by atoms with Gasteiger partial charge >= 0.3 is 0 Å². The van der Waals surface area contributed by atoms with Gasteiger partial charge in [0.1, 0.15) is 0 Å². The minimum absolute atomic E-state index is 0.193. The number of fused-ring (bicyclic) bond motifs is 1. The summed E-state index contributed by atoms with van der Waals surface area (Å²) in [5, 5.41) is 0. The van der Waals surface area contributed by atoms with Gasteiger partial charge in [0.15, 0.2) is 0 Å². The summed E-state index contributed by atoms with van der Waals surface area (Å²) in [4.78, 5) is 2.32. The summed E-state index contributed by atoms with van der Waals surface area (Å²) in [7, 11) is 3.70. The summed E-state index contributed by atoms with van der Waals surface area (Å²) in [5.74, 6) is 0. The van der Waals surface area contributed by atoms with Crippen LogP contribution in [-0.4, -0.2) is 22.0 Å². The zero-order chi connectivity index (χ0) is 11.1. The van der Waals surface area contributed by atoms with Crippen LogP contribution >= 0.6 is 10.7 Å². The first-order valence-electron chi connectivity index (χ1n) is 4.77. The zero-order valence-electron chi connectivity index (χ0n) is 8.40. The third-order valence-corrected chi connectivity index (χ3v) is 4.03. The Morgan fingerprint density at radius 1 is 1.40 bits per heavy atom. The normalized spacial score (nSPS) is 16.3. The van der Waals surface area contributed by atoms with E-state index in [-0.39, 0.29) is 4.90 Å². The van der Waals surface area contributed by atoms with Crippen molar-refractivity contribution in [3.05, 3.63) is 23.8 Å². The Balaban J connectivity index is 2.51. The van der Waals surface area contributed by atoms with Gasteiger partial charge in [0, 0.05) is 30.0 Å². The Morgan fingerprint density at radius 2 is 2.13 bits per heavy atom. The lowest BCUT2D eigenvalue weighted by molar-refractivity contribution is 0.609. The fraction of sp³-hybridized carbons (Fsp3) is 0.400. The van der Waals surface area contributed by atoms with E-state index < -0.39 is 9.05 Å². The van der Waals surface area contributed by atoms with E-state index in [1.807, 2.05) is 13.1 Å². The summed E-state index contributed by atoms with van der Waals surface area (Å²) in [5.41, 5.74) is 2.16. The SMILES string of the molecule is CN1CCCc2cc(S(=O)(=O)Cl)ccc21. The average Bonchev–Trinajstić information content (AvgIpc) is 2.16. The van der Waals surface area contributed by atoms with E-state index in [9.17, 15) is 8.42 Å². The molecule has 1 heterocycles. The lowest BCUT2D eigenvalue weighted by atomic mass is 10.0. The van der Waals surface area contributed by atoms with Crippen molar-refractivity contribution < 1.29 is 8.42 Å². The monoisotopic (exact) mass is 245 g/mol. The zero-order valence-corrected chi connectivity index (χ0v) is 9.98. The van der Waals surface area contributed by atoms with Gasteiger partial charge in [-0.2, -0.15) is 0 Å². The van der Waals surface area contributed by atoms with Gasteiger partial charge < -0.3 is 4.90 Å². The Morgan fingerprint density at radius 3 is 2.80 bits per heavy atom. The van der Waals surface area contributed by atoms with Crippen molar-refractivity contribution in [2.24, 2.45) is 0 Å². The van der Waals surface area contributed by atoms with Crippen molar-refractivity contribution in [1.29, 1.82) is 0 Å². The minimum Gasteiger partial charge on any atom is -0.374 e. The van der Waals surface area contributed by atoms with E-state index >= 15 is 0 Å². The van der Waals surface area contributed by atoms with E-state index in [0.717, 1.165) is 30.6 Å². The van der Waals surface area contributed by atoms with Gasteiger partial charge in [-0.15, -0.1) is 0 Å². The molecule has 3 nitrogen and oxygen atoms in total. The minimum atomic E-state index is -3.60. The Labute approximate surface area is 94.1 Å². The van der Waals surface area contributed by atoms with Crippen LogP contribution in [0, 0.1) is 0 Å². The molecular weight excluding hydrogens is 234 g/mol. The van der Waals surface area contributed by atoms with E-state index in [2.05, 4.69) is 4.90 Å². The van der Waals surface area contributed by atoms with Crippen LogP contribution in [0.5, 0.6) is 0 Å². The van der Waals surface area contributed by atoms with Crippen LogP contribution < -0.4 is 4.90 Å². The number of benzene rings is 1. The second kappa shape index (κ2) is 3.68. The average molecular weight is 246 g/mol. The van der Waals surface area contributed by atoms with Gasteiger partial charge in [0.05, 0.1) is 4.90 Å². The van der Waals surface area contributed by atoms with Gasteiger partial charge in [0.25, 0.3) is 9.05 Å². The molecule has 0 bridgehead atoms. The first kappa shape index (κ1) is 10.8. The van der Waals surface area contributed by atoms with Crippen LogP contribution in [0.25, 0.3) is 0 Å². The standard InChI is InChI=1S/C10H12ClNO2S/c1-12-6-2-3-8-7-9(15(11,13)14)4-5-10(8)12/h4-5,7H,2-3,6H2,1H3. The van der Waals surface area contributed by atoms with Crippen LogP contribution in [0.1, 0.15) is 12.0 Å². The molecular formula is C10H12ClNO2S. The topological polar surface area (TPSA) is 37.4 Å². The third-order valence-electron chi connectivity index (χ3n) is 2.68. The second-order valence-electron chi connectivity index (χ2n) is 3.75. The van der Waals surface area contributed by atoms with E-state index in [1.54, 1.807) is 12.1 Å². The highest BCUT2D eigenvalue weighted by atomic mass is 35.7. The summed E-state index contributed by atoms with van der Waals surface area (Å²) in [6.45, 7) is 1.01. The number of anilines is 1. The van der Waals surface area contributed by atoms with Crippen LogP contribution in [0.2, 0.25) is 0 Å². The molecule has 1 aliphatic rings. The molecule has 0 fully saturated rings. The summed E-state index contributed by atoms with van der Waals surface area (Å²) < 4.78 is 22.3. The maximum absolute atomic E-state index is 11.2. The number of hydrogen-bond donors (Lipinski definition) is 0. The quantitative estimate of drug-likeness (QED) is 0.711. The fourth-order valence-electron chi connectivity index (χ4n) is 1.91. The lowest BCUT2D eigenvalue weighted by Crippen LogP contribution is -2.24. The molecule has 5 heteroatoms. The number of aryl methyl sites for hydroxylation is 1. The second-order valence-corrected chi connectivity index (χ2v) is 6.32. The molecule has 0 atom stereocenters. The van der Waals surface area contributed by atoms with Crippen molar-refractivity contribution in [2.45, 2.75) is 17.7 Å². The molecule has 1 aliphatic heterocycles. The maximum Gasteiger partial charge on any atom is 0.261 e. The van der Waals surface area contributed by atoms with Crippen LogP contribution in [0.4, 0.5) is 5.69 Å². The van der Waals surface area contributed by atoms with Crippen molar-refractivity contribution in [1.82, 2.24) is 0 Å². The smallest absolute Gasteiger partial charge is 0.261 e. The maximum atomic E-state index is 11.2. The highest BCUT2D eigenvalue weighted by Crippen LogP contribution is 2.29. The van der Waals surface area contributed by atoms with Gasteiger partial charge in [-0.3, -0.25) is 0 Å². The van der Waals surface area contributed by atoms with Crippen molar-refractivity contribution in [2.75, 3.05) is 18.5 Å². The third kappa shape index (κ3) is 2.11. The summed E-state index contributed by atoms with van der Waals surface area (Å²) >= 11 is 0. The largest absolute Gasteiger partial charge is 0.374 e. The molecule has 0 saturated heterocycles. The van der Waals surface area contributed by atoms with Crippen molar-refractivity contribution in [3.63, 3.8) is 0 Å². The molecule has 15 heavy (non-hydrogen) atoms. The fourth-order valence-corrected chi connectivity index (χ4v) is 2.71. The highest BCUT2D eigenvalue weighted by molar-refractivity contribution is 8.13. The highest BCUT2D eigenvalue weighted by Gasteiger charge is 2.17. The first-order valence-corrected chi connectivity index (χ1v) is 7.08. The first-order chi connectivity index (χ1) is 6.98.